The molecule has 0 spiro atoms. The molecule has 1 fully saturated rings. The molecule has 0 heterocycles. The Labute approximate surface area is 83.2 Å². The van der Waals surface area contributed by atoms with Crippen LogP contribution in [0.3, 0.4) is 0 Å². The summed E-state index contributed by atoms with van der Waals surface area (Å²) in [6.45, 7) is 0. The van der Waals surface area contributed by atoms with E-state index in [1.807, 2.05) is 6.21 Å². The Morgan fingerprint density at radius 1 is 1.50 bits per heavy atom. The van der Waals surface area contributed by atoms with Crippen LogP contribution in [0.5, 0.6) is 0 Å². The molecule has 3 rings (SSSR count). The first-order valence-corrected chi connectivity index (χ1v) is 5.02. The van der Waals surface area contributed by atoms with Crippen molar-refractivity contribution < 1.29 is 4.79 Å². The topological polar surface area (TPSA) is 67.5 Å². The van der Waals surface area contributed by atoms with Gasteiger partial charge in [-0.05, 0) is 31.1 Å². The second kappa shape index (κ2) is 3.82. The lowest BCUT2D eigenvalue weighted by atomic mass is 9.70. The maximum absolute atomic E-state index is 10.4. The van der Waals surface area contributed by atoms with Crippen LogP contribution < -0.4 is 11.2 Å². The quantitative estimate of drug-likeness (QED) is 0.387. The zero-order chi connectivity index (χ0) is 9.97. The summed E-state index contributed by atoms with van der Waals surface area (Å²) in [5.74, 6) is 1.80. The van der Waals surface area contributed by atoms with Gasteiger partial charge in [-0.1, -0.05) is 12.2 Å². The average Bonchev–Trinajstić information content (AvgIpc) is 2.19. The molecular weight excluding hydrogens is 178 g/mol. The lowest BCUT2D eigenvalue weighted by Gasteiger charge is -2.35. The first kappa shape index (κ1) is 9.24. The van der Waals surface area contributed by atoms with Crippen LogP contribution in [0.15, 0.2) is 17.3 Å². The van der Waals surface area contributed by atoms with Gasteiger partial charge in [0.15, 0.2) is 0 Å². The smallest absolute Gasteiger partial charge is 0.332 e. The summed E-state index contributed by atoms with van der Waals surface area (Å²) in [5, 5.41) is 3.83. The molecular formula is C10H15N3O. The Balaban J connectivity index is 1.91. The monoisotopic (exact) mass is 193 g/mol. The molecule has 0 aromatic carbocycles. The molecule has 1 saturated carbocycles. The molecule has 3 aliphatic carbocycles. The summed E-state index contributed by atoms with van der Waals surface area (Å²) in [5.41, 5.74) is 7.14. The highest BCUT2D eigenvalue weighted by Crippen LogP contribution is 2.39. The van der Waals surface area contributed by atoms with Gasteiger partial charge in [0.25, 0.3) is 0 Å². The highest BCUT2D eigenvalue weighted by Gasteiger charge is 2.30. The second-order valence-electron chi connectivity index (χ2n) is 4.04. The van der Waals surface area contributed by atoms with E-state index in [0.717, 1.165) is 6.42 Å². The van der Waals surface area contributed by atoms with E-state index < -0.39 is 6.03 Å². The van der Waals surface area contributed by atoms with Crippen molar-refractivity contribution in [1.29, 1.82) is 0 Å². The number of hydrazone groups is 1. The van der Waals surface area contributed by atoms with E-state index in [4.69, 9.17) is 5.73 Å². The number of urea groups is 1. The molecule has 4 nitrogen and oxygen atoms in total. The number of fused-ring (bicyclic) bond motifs is 2. The van der Waals surface area contributed by atoms with Gasteiger partial charge in [-0.25, -0.2) is 10.2 Å². The van der Waals surface area contributed by atoms with Crippen LogP contribution in [0.1, 0.15) is 19.3 Å². The third kappa shape index (κ3) is 1.95. The standard InChI is InChI=1S/C10H15N3O/c11-10(14)13-12-6-9-5-7-1-3-8(9)4-2-7/h1,3,6-9H,2,4-5H2,(H3,11,13,14)/b12-6+/t7-,8+,9+/m1/s1. The van der Waals surface area contributed by atoms with Gasteiger partial charge in [-0.2, -0.15) is 5.10 Å². The van der Waals surface area contributed by atoms with Crippen LogP contribution in [0.2, 0.25) is 0 Å². The van der Waals surface area contributed by atoms with Crippen LogP contribution in [-0.4, -0.2) is 12.2 Å². The zero-order valence-corrected chi connectivity index (χ0v) is 8.02. The number of carbonyl (C=O) groups is 1. The van der Waals surface area contributed by atoms with Crippen LogP contribution in [0.25, 0.3) is 0 Å². The maximum Gasteiger partial charge on any atom is 0.332 e. The van der Waals surface area contributed by atoms with Crippen molar-refractivity contribution in [3.05, 3.63) is 12.2 Å². The lowest BCUT2D eigenvalue weighted by molar-refractivity contribution is 0.249. The van der Waals surface area contributed by atoms with E-state index >= 15 is 0 Å². The number of hydrogen-bond acceptors (Lipinski definition) is 2. The van der Waals surface area contributed by atoms with Crippen LogP contribution >= 0.6 is 0 Å². The van der Waals surface area contributed by atoms with Gasteiger partial charge in [-0.3, -0.25) is 0 Å². The van der Waals surface area contributed by atoms with Crippen molar-refractivity contribution in [1.82, 2.24) is 5.43 Å². The molecule has 2 amide bonds. The van der Waals surface area contributed by atoms with Crippen LogP contribution in [0, 0.1) is 17.8 Å². The van der Waals surface area contributed by atoms with Gasteiger partial charge in [0.2, 0.25) is 0 Å². The van der Waals surface area contributed by atoms with E-state index in [0.29, 0.717) is 17.8 Å². The highest BCUT2D eigenvalue weighted by atomic mass is 16.2. The molecule has 0 aromatic rings. The fraction of sp³-hybridized carbons (Fsp3) is 0.600. The van der Waals surface area contributed by atoms with Gasteiger partial charge in [-0.15, -0.1) is 0 Å². The van der Waals surface area contributed by atoms with Crippen molar-refractivity contribution in [2.45, 2.75) is 19.3 Å². The molecule has 0 saturated heterocycles. The SMILES string of the molecule is NC(=O)N/N=C/[C@@H]1C[C@@H]2C=C[C@H]1CC2. The average molecular weight is 193 g/mol. The second-order valence-corrected chi connectivity index (χ2v) is 4.04. The molecule has 3 N–H and O–H groups in total. The van der Waals surface area contributed by atoms with Gasteiger partial charge < -0.3 is 5.73 Å². The van der Waals surface area contributed by atoms with E-state index in [2.05, 4.69) is 22.7 Å². The number of rotatable bonds is 2. The first-order chi connectivity index (χ1) is 6.75. The van der Waals surface area contributed by atoms with E-state index in [-0.39, 0.29) is 0 Å². The summed E-state index contributed by atoms with van der Waals surface area (Å²) in [7, 11) is 0. The van der Waals surface area contributed by atoms with Gasteiger partial charge in [0.05, 0.1) is 0 Å². The number of nitrogens with one attached hydrogen (secondary N) is 1. The van der Waals surface area contributed by atoms with Crippen molar-refractivity contribution >= 4 is 12.2 Å². The van der Waals surface area contributed by atoms with Crippen molar-refractivity contribution in [3.63, 3.8) is 0 Å². The third-order valence-electron chi connectivity index (χ3n) is 3.07. The molecule has 4 heteroatoms. The summed E-state index contributed by atoms with van der Waals surface area (Å²) in [4.78, 5) is 10.4. The molecule has 0 radical (unpaired) electrons. The van der Waals surface area contributed by atoms with Crippen molar-refractivity contribution in [2.75, 3.05) is 0 Å². The summed E-state index contributed by atoms with van der Waals surface area (Å²) in [6, 6.07) is -0.599. The maximum atomic E-state index is 10.4. The van der Waals surface area contributed by atoms with E-state index in [9.17, 15) is 4.79 Å². The minimum atomic E-state index is -0.599. The minimum Gasteiger partial charge on any atom is -0.350 e. The van der Waals surface area contributed by atoms with Gasteiger partial charge >= 0.3 is 6.03 Å². The molecule has 14 heavy (non-hydrogen) atoms. The summed E-state index contributed by atoms with van der Waals surface area (Å²) in [6.07, 6.45) is 10.1. The molecule has 0 unspecified atom stereocenters. The fourth-order valence-corrected chi connectivity index (χ4v) is 2.34. The molecule has 76 valence electrons. The Morgan fingerprint density at radius 2 is 2.36 bits per heavy atom. The number of primary amides is 1. The number of allylic oxidation sites excluding steroid dienone is 2. The number of amides is 2. The Morgan fingerprint density at radius 3 is 2.86 bits per heavy atom. The highest BCUT2D eigenvalue weighted by molar-refractivity contribution is 5.73. The normalized spacial score (nSPS) is 35.0. The molecule has 0 aromatic heterocycles. The largest absolute Gasteiger partial charge is 0.350 e. The summed E-state index contributed by atoms with van der Waals surface area (Å²) < 4.78 is 0. The molecule has 3 atom stereocenters. The predicted molar refractivity (Wildman–Crippen MR) is 54.7 cm³/mol. The fourth-order valence-electron chi connectivity index (χ4n) is 2.34. The Hall–Kier alpha value is -1.32. The van der Waals surface area contributed by atoms with Crippen molar-refractivity contribution in [3.8, 4) is 0 Å². The molecule has 3 aliphatic rings. The predicted octanol–water partition coefficient (Wildman–Crippen LogP) is 1.24. The first-order valence-electron chi connectivity index (χ1n) is 5.02. The van der Waals surface area contributed by atoms with E-state index in [1.54, 1.807) is 0 Å². The third-order valence-corrected chi connectivity index (χ3v) is 3.07. The number of hydrogen-bond donors (Lipinski definition) is 2. The molecule has 2 bridgehead atoms. The van der Waals surface area contributed by atoms with Crippen molar-refractivity contribution in [2.24, 2.45) is 28.6 Å². The zero-order valence-electron chi connectivity index (χ0n) is 8.02. The molecule has 0 aliphatic heterocycles. The number of nitrogens with two attached hydrogens (primary N) is 1. The van der Waals surface area contributed by atoms with E-state index in [1.165, 1.54) is 12.8 Å². The lowest BCUT2D eigenvalue weighted by Crippen LogP contribution is -2.30. The number of nitrogens with zero attached hydrogens (tertiary/aromatic N) is 1. The van der Waals surface area contributed by atoms with Crippen LogP contribution in [-0.2, 0) is 0 Å². The summed E-state index contributed by atoms with van der Waals surface area (Å²) >= 11 is 0. The van der Waals surface area contributed by atoms with Crippen LogP contribution in [0.4, 0.5) is 4.79 Å². The van der Waals surface area contributed by atoms with Gasteiger partial charge in [0, 0.05) is 12.1 Å². The van der Waals surface area contributed by atoms with Gasteiger partial charge in [0.1, 0.15) is 0 Å². The number of carbonyl (C=O) groups excluding carboxylic acids is 1. The Bertz CT molecular complexity index is 285. The minimum absolute atomic E-state index is 0.477. The Kier molecular flexibility index (Phi) is 2.52.